The van der Waals surface area contributed by atoms with Gasteiger partial charge in [-0.15, -0.1) is 0 Å². The number of hydrogen-bond donors (Lipinski definition) is 2. The number of halogens is 5. The van der Waals surface area contributed by atoms with Crippen molar-refractivity contribution in [3.05, 3.63) is 35.3 Å². The maximum absolute atomic E-state index is 13.7. The predicted molar refractivity (Wildman–Crippen MR) is 107 cm³/mol. The molecule has 4 rings (SSSR count). The number of rotatable bonds is 4. The van der Waals surface area contributed by atoms with Crippen molar-refractivity contribution in [2.24, 2.45) is 5.92 Å². The normalized spacial score (nSPS) is 24.6. The Morgan fingerprint density at radius 2 is 1.81 bits per heavy atom. The molecular formula is C22H26F5N3O2. The number of carbonyl (C=O) groups is 1. The molecule has 0 aromatic carbocycles. The predicted octanol–water partition coefficient (Wildman–Crippen LogP) is 4.75. The third kappa shape index (κ3) is 5.05. The molecule has 10 heteroatoms. The molecule has 5 nitrogen and oxygen atoms in total. The molecule has 0 aliphatic heterocycles. The van der Waals surface area contributed by atoms with Crippen LogP contribution in [0.25, 0.3) is 5.65 Å². The first-order valence-corrected chi connectivity index (χ1v) is 11.0. The lowest BCUT2D eigenvalue weighted by atomic mass is 9.83. The molecule has 0 unspecified atom stereocenters. The van der Waals surface area contributed by atoms with Crippen molar-refractivity contribution in [1.29, 1.82) is 0 Å². The van der Waals surface area contributed by atoms with E-state index in [1.165, 1.54) is 22.7 Å². The highest BCUT2D eigenvalue weighted by Crippen LogP contribution is 2.39. The van der Waals surface area contributed by atoms with Crippen LogP contribution in [0.3, 0.4) is 0 Å². The molecule has 0 saturated heterocycles. The molecule has 1 amide bonds. The minimum atomic E-state index is -4.69. The summed E-state index contributed by atoms with van der Waals surface area (Å²) in [6.45, 7) is 0. The SMILES string of the molecule is O=C(NC1CCC(O)CC1)c1ccn2c(CC3CCC(F)(F)CC3)c(C(F)(F)F)nc2c1. The van der Waals surface area contributed by atoms with Gasteiger partial charge in [-0.1, -0.05) is 0 Å². The van der Waals surface area contributed by atoms with Gasteiger partial charge in [0.1, 0.15) is 5.65 Å². The fourth-order valence-electron chi connectivity index (χ4n) is 4.73. The first-order chi connectivity index (χ1) is 15.0. The van der Waals surface area contributed by atoms with Gasteiger partial charge in [-0.05, 0) is 63.0 Å². The van der Waals surface area contributed by atoms with E-state index in [1.807, 2.05) is 0 Å². The smallest absolute Gasteiger partial charge is 0.393 e. The van der Waals surface area contributed by atoms with Gasteiger partial charge in [0.2, 0.25) is 5.92 Å². The Morgan fingerprint density at radius 1 is 1.16 bits per heavy atom. The number of aromatic nitrogens is 2. The van der Waals surface area contributed by atoms with Crippen LogP contribution in [0.2, 0.25) is 0 Å². The monoisotopic (exact) mass is 459 g/mol. The number of nitrogens with one attached hydrogen (secondary N) is 1. The van der Waals surface area contributed by atoms with E-state index in [-0.39, 0.29) is 67.1 Å². The molecule has 0 spiro atoms. The Balaban J connectivity index is 1.56. The van der Waals surface area contributed by atoms with Crippen LogP contribution in [0.15, 0.2) is 18.3 Å². The van der Waals surface area contributed by atoms with Crippen molar-refractivity contribution in [1.82, 2.24) is 14.7 Å². The molecule has 0 bridgehead atoms. The molecular weight excluding hydrogens is 433 g/mol. The van der Waals surface area contributed by atoms with E-state index in [0.29, 0.717) is 25.7 Å². The topological polar surface area (TPSA) is 66.6 Å². The molecule has 2 aliphatic carbocycles. The summed E-state index contributed by atoms with van der Waals surface area (Å²) in [6.07, 6.45) is -1.51. The van der Waals surface area contributed by atoms with E-state index >= 15 is 0 Å². The largest absolute Gasteiger partial charge is 0.435 e. The van der Waals surface area contributed by atoms with Gasteiger partial charge >= 0.3 is 6.18 Å². The summed E-state index contributed by atoms with van der Waals surface area (Å²) >= 11 is 0. The molecule has 2 N–H and O–H groups in total. The van der Waals surface area contributed by atoms with E-state index in [2.05, 4.69) is 10.3 Å². The average Bonchev–Trinajstić information content (AvgIpc) is 3.09. The number of carbonyl (C=O) groups excluding carboxylic acids is 1. The lowest BCUT2D eigenvalue weighted by molar-refractivity contribution is -0.141. The minimum Gasteiger partial charge on any atom is -0.393 e. The molecule has 2 saturated carbocycles. The van der Waals surface area contributed by atoms with Crippen LogP contribution in [0.1, 0.15) is 73.1 Å². The van der Waals surface area contributed by atoms with Crippen LogP contribution in [-0.4, -0.2) is 38.5 Å². The number of imidazole rings is 1. The van der Waals surface area contributed by atoms with Crippen LogP contribution < -0.4 is 5.32 Å². The molecule has 0 atom stereocenters. The summed E-state index contributed by atoms with van der Waals surface area (Å²) in [5.41, 5.74) is -0.893. The van der Waals surface area contributed by atoms with Crippen LogP contribution in [0.5, 0.6) is 0 Å². The zero-order valence-electron chi connectivity index (χ0n) is 17.5. The number of nitrogens with zero attached hydrogens (tertiary/aromatic N) is 2. The van der Waals surface area contributed by atoms with Crippen LogP contribution >= 0.6 is 0 Å². The number of fused-ring (bicyclic) bond motifs is 1. The van der Waals surface area contributed by atoms with Crippen molar-refractivity contribution >= 4 is 11.6 Å². The summed E-state index contributed by atoms with van der Waals surface area (Å²) in [5, 5.41) is 12.4. The maximum atomic E-state index is 13.7. The van der Waals surface area contributed by atoms with E-state index in [4.69, 9.17) is 0 Å². The van der Waals surface area contributed by atoms with Crippen molar-refractivity contribution in [3.63, 3.8) is 0 Å². The lowest BCUT2D eigenvalue weighted by Gasteiger charge is -2.28. The van der Waals surface area contributed by atoms with Gasteiger partial charge in [0, 0.05) is 30.6 Å². The zero-order chi connectivity index (χ0) is 23.1. The van der Waals surface area contributed by atoms with Gasteiger partial charge in [-0.25, -0.2) is 13.8 Å². The Kier molecular flexibility index (Phi) is 6.17. The fourth-order valence-corrected chi connectivity index (χ4v) is 4.73. The molecule has 32 heavy (non-hydrogen) atoms. The average molecular weight is 459 g/mol. The van der Waals surface area contributed by atoms with Crippen molar-refractivity contribution < 1.29 is 31.9 Å². The Labute approximate surface area is 182 Å². The summed E-state index contributed by atoms with van der Waals surface area (Å²) in [4.78, 5) is 16.4. The first-order valence-electron chi connectivity index (χ1n) is 11.0. The van der Waals surface area contributed by atoms with Gasteiger partial charge in [-0.2, -0.15) is 13.2 Å². The second kappa shape index (κ2) is 8.61. The van der Waals surface area contributed by atoms with Crippen molar-refractivity contribution in [2.45, 2.75) is 82.0 Å². The van der Waals surface area contributed by atoms with E-state index in [1.54, 1.807) is 0 Å². The number of aliphatic hydroxyl groups excluding tert-OH is 1. The van der Waals surface area contributed by atoms with Crippen LogP contribution in [0, 0.1) is 5.92 Å². The molecule has 2 fully saturated rings. The second-order valence-electron chi connectivity index (χ2n) is 9.03. The van der Waals surface area contributed by atoms with Crippen LogP contribution in [-0.2, 0) is 12.6 Å². The highest BCUT2D eigenvalue weighted by molar-refractivity contribution is 5.95. The van der Waals surface area contributed by atoms with Gasteiger partial charge in [0.15, 0.2) is 5.69 Å². The van der Waals surface area contributed by atoms with Crippen LogP contribution in [0.4, 0.5) is 22.0 Å². The Bertz CT molecular complexity index is 970. The summed E-state index contributed by atoms with van der Waals surface area (Å²) in [5.74, 6) is -3.43. The first kappa shape index (κ1) is 22.9. The quantitative estimate of drug-likeness (QED) is 0.649. The molecule has 0 radical (unpaired) electrons. The standard InChI is InChI=1S/C22H26F5N3O2/c23-21(24)8-5-13(6-9-21)11-17-19(22(25,26)27)29-18-12-14(7-10-30(17)18)20(32)28-15-1-3-16(31)4-2-15/h7,10,12-13,15-16,31H,1-6,8-9,11H2,(H,28,32). The Hall–Kier alpha value is -2.23. The molecule has 2 heterocycles. The fraction of sp³-hybridized carbons (Fsp3) is 0.636. The summed E-state index contributed by atoms with van der Waals surface area (Å²) in [7, 11) is 0. The van der Waals surface area contributed by atoms with E-state index in [0.717, 1.165) is 0 Å². The summed E-state index contributed by atoms with van der Waals surface area (Å²) in [6, 6.07) is 2.67. The highest BCUT2D eigenvalue weighted by Gasteiger charge is 2.40. The third-order valence-corrected chi connectivity index (χ3v) is 6.61. The number of alkyl halides is 5. The molecule has 2 aliphatic rings. The van der Waals surface area contributed by atoms with E-state index < -0.39 is 23.7 Å². The van der Waals surface area contributed by atoms with Gasteiger partial charge in [0.25, 0.3) is 5.91 Å². The van der Waals surface area contributed by atoms with Gasteiger partial charge in [-0.3, -0.25) is 4.79 Å². The molecule has 2 aromatic heterocycles. The molecule has 176 valence electrons. The van der Waals surface area contributed by atoms with Crippen molar-refractivity contribution in [3.8, 4) is 0 Å². The number of hydrogen-bond acceptors (Lipinski definition) is 3. The minimum absolute atomic E-state index is 0.000167. The third-order valence-electron chi connectivity index (χ3n) is 6.61. The zero-order valence-corrected chi connectivity index (χ0v) is 17.5. The lowest BCUT2D eigenvalue weighted by Crippen LogP contribution is -2.38. The molecule has 2 aromatic rings. The van der Waals surface area contributed by atoms with E-state index in [9.17, 15) is 31.9 Å². The van der Waals surface area contributed by atoms with Gasteiger partial charge in [0.05, 0.1) is 11.8 Å². The second-order valence-corrected chi connectivity index (χ2v) is 9.03. The Morgan fingerprint density at radius 3 is 2.44 bits per heavy atom. The number of aliphatic hydroxyl groups is 1. The maximum Gasteiger partial charge on any atom is 0.435 e. The number of amides is 1. The number of pyridine rings is 1. The summed E-state index contributed by atoms with van der Waals surface area (Å²) < 4.78 is 69.2. The van der Waals surface area contributed by atoms with Gasteiger partial charge < -0.3 is 14.8 Å². The van der Waals surface area contributed by atoms with Crippen molar-refractivity contribution in [2.75, 3.05) is 0 Å². The highest BCUT2D eigenvalue weighted by atomic mass is 19.4.